The van der Waals surface area contributed by atoms with Crippen LogP contribution in [-0.4, -0.2) is 51.0 Å². The molecule has 0 radical (unpaired) electrons. The van der Waals surface area contributed by atoms with E-state index in [-0.39, 0.29) is 30.1 Å². The van der Waals surface area contributed by atoms with Crippen molar-refractivity contribution < 1.29 is 18.6 Å². The van der Waals surface area contributed by atoms with Crippen LogP contribution in [0.3, 0.4) is 0 Å². The number of sulfone groups is 1. The second-order valence-electron chi connectivity index (χ2n) is 8.32. The molecule has 1 unspecified atom stereocenters. The molecule has 166 valence electrons. The highest BCUT2D eigenvalue weighted by molar-refractivity contribution is 7.90. The normalized spacial score (nSPS) is 16.9. The van der Waals surface area contributed by atoms with Crippen LogP contribution in [0.4, 0.5) is 5.95 Å². The summed E-state index contributed by atoms with van der Waals surface area (Å²) in [4.78, 5) is 16.2. The second-order valence-corrected chi connectivity index (χ2v) is 10.3. The van der Waals surface area contributed by atoms with E-state index in [9.17, 15) is 18.6 Å². The monoisotopic (exact) mass is 445 g/mol. The number of imidazole rings is 1. The number of aliphatic hydroxyl groups excluding tert-OH is 2. The Hall–Kier alpha value is -2.56. The van der Waals surface area contributed by atoms with Crippen LogP contribution in [0.5, 0.6) is 0 Å². The Morgan fingerprint density at radius 2 is 1.84 bits per heavy atom. The number of nitrogens with zero attached hydrogens (tertiary/aromatic N) is 5. The number of aryl methyl sites for hydroxylation is 1. The van der Waals surface area contributed by atoms with Gasteiger partial charge in [-0.1, -0.05) is 13.8 Å². The average Bonchev–Trinajstić information content (AvgIpc) is 3.08. The molecule has 10 heteroatoms. The smallest absolute Gasteiger partial charge is 0.226 e. The summed E-state index contributed by atoms with van der Waals surface area (Å²) in [5.74, 6) is 1.59. The van der Waals surface area contributed by atoms with Crippen LogP contribution in [0.15, 0.2) is 23.2 Å². The SMILES string of the molecule is Cc1nc(N2CCn3c(nc4cc(CO)c(S(C)(=O)=O)cc43)C2C(C)C)ncc1CO. The lowest BCUT2D eigenvalue weighted by molar-refractivity contribution is 0.278. The lowest BCUT2D eigenvalue weighted by Gasteiger charge is -2.38. The van der Waals surface area contributed by atoms with Crippen molar-refractivity contribution in [1.29, 1.82) is 0 Å². The van der Waals surface area contributed by atoms with Crippen molar-refractivity contribution in [3.05, 3.63) is 41.0 Å². The third-order valence-electron chi connectivity index (χ3n) is 5.82. The Bertz CT molecular complexity index is 1250. The third kappa shape index (κ3) is 3.68. The van der Waals surface area contributed by atoms with Gasteiger partial charge in [0.2, 0.25) is 5.95 Å². The highest BCUT2D eigenvalue weighted by Crippen LogP contribution is 2.37. The average molecular weight is 446 g/mol. The molecule has 9 nitrogen and oxygen atoms in total. The number of hydrogen-bond acceptors (Lipinski definition) is 8. The maximum absolute atomic E-state index is 12.3. The molecule has 0 spiro atoms. The number of benzene rings is 1. The Kier molecular flexibility index (Phi) is 5.48. The number of rotatable bonds is 5. The molecule has 0 saturated heterocycles. The Balaban J connectivity index is 1.87. The zero-order valence-corrected chi connectivity index (χ0v) is 18.9. The molecule has 1 aromatic carbocycles. The number of aromatic nitrogens is 4. The van der Waals surface area contributed by atoms with Crippen molar-refractivity contribution in [3.63, 3.8) is 0 Å². The summed E-state index contributed by atoms with van der Waals surface area (Å²) in [6.07, 6.45) is 2.80. The van der Waals surface area contributed by atoms with E-state index in [0.717, 1.165) is 23.3 Å². The molecule has 0 bridgehead atoms. The number of aliphatic hydroxyl groups is 2. The first-order valence-corrected chi connectivity index (χ1v) is 12.1. The molecule has 31 heavy (non-hydrogen) atoms. The Labute approximate surface area is 181 Å². The number of fused-ring (bicyclic) bond motifs is 3. The lowest BCUT2D eigenvalue weighted by atomic mass is 10.00. The van der Waals surface area contributed by atoms with Gasteiger partial charge in [-0.15, -0.1) is 0 Å². The fraction of sp³-hybridized carbons (Fsp3) is 0.476. The summed E-state index contributed by atoms with van der Waals surface area (Å²) >= 11 is 0. The van der Waals surface area contributed by atoms with E-state index in [2.05, 4.69) is 33.3 Å². The van der Waals surface area contributed by atoms with Crippen molar-refractivity contribution in [3.8, 4) is 0 Å². The molecule has 1 aliphatic rings. The van der Waals surface area contributed by atoms with Gasteiger partial charge in [-0.05, 0) is 30.5 Å². The maximum Gasteiger partial charge on any atom is 0.226 e. The minimum absolute atomic E-state index is 0.106. The fourth-order valence-corrected chi connectivity index (χ4v) is 5.21. The molecule has 2 aromatic heterocycles. The first-order valence-electron chi connectivity index (χ1n) is 10.2. The van der Waals surface area contributed by atoms with Crippen molar-refractivity contribution in [2.75, 3.05) is 17.7 Å². The molecule has 1 atom stereocenters. The van der Waals surface area contributed by atoms with Gasteiger partial charge in [-0.3, -0.25) is 0 Å². The lowest BCUT2D eigenvalue weighted by Crippen LogP contribution is -2.42. The minimum Gasteiger partial charge on any atom is -0.392 e. The maximum atomic E-state index is 12.3. The summed E-state index contributed by atoms with van der Waals surface area (Å²) in [5, 5.41) is 19.1. The first kappa shape index (κ1) is 21.7. The van der Waals surface area contributed by atoms with Gasteiger partial charge in [0, 0.05) is 36.8 Å². The van der Waals surface area contributed by atoms with Crippen LogP contribution < -0.4 is 4.90 Å². The van der Waals surface area contributed by atoms with E-state index in [1.165, 1.54) is 0 Å². The summed E-state index contributed by atoms with van der Waals surface area (Å²) in [6, 6.07) is 3.17. The van der Waals surface area contributed by atoms with Crippen molar-refractivity contribution >= 4 is 26.8 Å². The van der Waals surface area contributed by atoms with E-state index < -0.39 is 9.84 Å². The van der Waals surface area contributed by atoms with Crippen LogP contribution >= 0.6 is 0 Å². The highest BCUT2D eigenvalue weighted by Gasteiger charge is 2.35. The summed E-state index contributed by atoms with van der Waals surface area (Å²) in [5.41, 5.74) is 3.18. The van der Waals surface area contributed by atoms with Gasteiger partial charge in [0.15, 0.2) is 9.84 Å². The summed E-state index contributed by atoms with van der Waals surface area (Å²) in [6.45, 7) is 6.81. The molecule has 0 amide bonds. The predicted octanol–water partition coefficient (Wildman–Crippen LogP) is 1.74. The van der Waals surface area contributed by atoms with Gasteiger partial charge in [0.1, 0.15) is 5.82 Å². The van der Waals surface area contributed by atoms with E-state index >= 15 is 0 Å². The molecular weight excluding hydrogens is 418 g/mol. The molecule has 0 saturated carbocycles. The first-order chi connectivity index (χ1) is 14.7. The zero-order valence-electron chi connectivity index (χ0n) is 18.1. The van der Waals surface area contributed by atoms with Gasteiger partial charge in [0.25, 0.3) is 0 Å². The topological polar surface area (TPSA) is 121 Å². The zero-order chi connectivity index (χ0) is 22.5. The second kappa shape index (κ2) is 7.85. The van der Waals surface area contributed by atoms with Crippen molar-refractivity contribution in [1.82, 2.24) is 19.5 Å². The molecule has 2 N–H and O–H groups in total. The van der Waals surface area contributed by atoms with Crippen LogP contribution in [0.2, 0.25) is 0 Å². The van der Waals surface area contributed by atoms with Crippen molar-refractivity contribution in [2.24, 2.45) is 5.92 Å². The van der Waals surface area contributed by atoms with Gasteiger partial charge in [-0.25, -0.2) is 23.4 Å². The van der Waals surface area contributed by atoms with E-state index in [1.807, 2.05) is 6.92 Å². The number of hydrogen-bond donors (Lipinski definition) is 2. The molecule has 3 aromatic rings. The van der Waals surface area contributed by atoms with Gasteiger partial charge in [0.05, 0.1) is 35.2 Å². The Morgan fingerprint density at radius 3 is 2.42 bits per heavy atom. The third-order valence-corrected chi connectivity index (χ3v) is 7.00. The molecule has 0 fully saturated rings. The molecule has 4 rings (SSSR count). The van der Waals surface area contributed by atoms with E-state index in [4.69, 9.17) is 4.98 Å². The standard InChI is InChI=1S/C21H27N5O4S/c1-12(2)19-20-24-16-7-14(10-27)18(31(4,29)30)8-17(16)25(20)5-6-26(19)21-22-9-15(11-28)13(3)23-21/h7-9,12,19,27-28H,5-6,10-11H2,1-4H3. The minimum atomic E-state index is -3.49. The van der Waals surface area contributed by atoms with E-state index in [1.54, 1.807) is 18.3 Å². The van der Waals surface area contributed by atoms with Crippen LogP contribution in [0, 0.1) is 12.8 Å². The van der Waals surface area contributed by atoms with Gasteiger partial charge < -0.3 is 19.7 Å². The summed E-state index contributed by atoms with van der Waals surface area (Å²) < 4.78 is 26.6. The Morgan fingerprint density at radius 1 is 1.13 bits per heavy atom. The molecule has 1 aliphatic heterocycles. The van der Waals surface area contributed by atoms with Crippen LogP contribution in [0.1, 0.15) is 42.5 Å². The van der Waals surface area contributed by atoms with Crippen LogP contribution in [0.25, 0.3) is 11.0 Å². The van der Waals surface area contributed by atoms with Crippen LogP contribution in [-0.2, 0) is 29.6 Å². The number of anilines is 1. The molecule has 0 aliphatic carbocycles. The molecule has 3 heterocycles. The fourth-order valence-electron chi connectivity index (χ4n) is 4.29. The quantitative estimate of drug-likeness (QED) is 0.609. The van der Waals surface area contributed by atoms with Gasteiger partial charge >= 0.3 is 0 Å². The molecular formula is C21H27N5O4S. The predicted molar refractivity (Wildman–Crippen MR) is 116 cm³/mol. The highest BCUT2D eigenvalue weighted by atomic mass is 32.2. The van der Waals surface area contributed by atoms with Gasteiger partial charge in [-0.2, -0.15) is 0 Å². The summed E-state index contributed by atoms with van der Waals surface area (Å²) in [7, 11) is -3.49. The van der Waals surface area contributed by atoms with Crippen molar-refractivity contribution in [2.45, 2.75) is 51.5 Å². The largest absolute Gasteiger partial charge is 0.392 e. The van der Waals surface area contributed by atoms with E-state index in [0.29, 0.717) is 35.7 Å².